The Balaban J connectivity index is 1.89. The average Bonchev–Trinajstić information content (AvgIpc) is 3.18. The van der Waals surface area contributed by atoms with Crippen LogP contribution in [0.1, 0.15) is 41.5 Å². The van der Waals surface area contributed by atoms with Crippen molar-refractivity contribution in [2.24, 2.45) is 20.8 Å². The van der Waals surface area contributed by atoms with Crippen LogP contribution in [-0.4, -0.2) is 5.78 Å². The highest BCUT2D eigenvalue weighted by molar-refractivity contribution is 6.11. The Kier molecular flexibility index (Phi) is 4.68. The third-order valence-electron chi connectivity index (χ3n) is 6.07. The molecule has 5 rings (SSSR count). The van der Waals surface area contributed by atoms with Gasteiger partial charge in [-0.2, -0.15) is 0 Å². The summed E-state index contributed by atoms with van der Waals surface area (Å²) >= 11 is 0. The molecule has 0 atom stereocenters. The first-order valence-electron chi connectivity index (χ1n) is 11.3. The highest BCUT2D eigenvalue weighted by Crippen LogP contribution is 2.39. The lowest BCUT2D eigenvalue weighted by molar-refractivity contribution is -0.114. The number of carbonyl (C=O) groups excluding carboxylic acids is 1. The largest absolute Gasteiger partial charge is 0.457 e. The van der Waals surface area contributed by atoms with Gasteiger partial charge in [-0.25, -0.2) is 9.98 Å². The molecule has 33 heavy (non-hydrogen) atoms. The molecule has 2 aliphatic rings. The maximum atomic E-state index is 13.3. The van der Waals surface area contributed by atoms with Crippen LogP contribution in [-0.2, 0) is 4.79 Å². The molecule has 4 heteroatoms. The number of fused-ring (bicyclic) bond motifs is 7. The highest BCUT2D eigenvalue weighted by Gasteiger charge is 2.34. The Morgan fingerprint density at radius 3 is 1.58 bits per heavy atom. The fourth-order valence-corrected chi connectivity index (χ4v) is 4.30. The van der Waals surface area contributed by atoms with E-state index in [0.717, 1.165) is 49.4 Å². The van der Waals surface area contributed by atoms with Gasteiger partial charge in [0.1, 0.15) is 11.2 Å². The van der Waals surface area contributed by atoms with E-state index in [-0.39, 0.29) is 16.6 Å². The molecule has 0 fully saturated rings. The Morgan fingerprint density at radius 1 is 0.697 bits per heavy atom. The molecule has 4 bridgehead atoms. The molecule has 4 nitrogen and oxygen atoms in total. The van der Waals surface area contributed by atoms with Gasteiger partial charge in [0.2, 0.25) is 0 Å². The van der Waals surface area contributed by atoms with Crippen LogP contribution in [0.2, 0.25) is 0 Å². The van der Waals surface area contributed by atoms with Crippen LogP contribution in [0.3, 0.4) is 0 Å². The van der Waals surface area contributed by atoms with Crippen molar-refractivity contribution in [1.29, 1.82) is 0 Å². The van der Waals surface area contributed by atoms with Crippen molar-refractivity contribution in [2.45, 2.75) is 41.5 Å². The summed E-state index contributed by atoms with van der Waals surface area (Å²) in [6, 6.07) is 15.9. The zero-order chi connectivity index (χ0) is 23.5. The predicted octanol–water partition coefficient (Wildman–Crippen LogP) is 6.14. The molecule has 0 saturated heterocycles. The molecule has 0 spiro atoms. The quantitative estimate of drug-likeness (QED) is 0.425. The maximum absolute atomic E-state index is 13.3. The van der Waals surface area contributed by atoms with Crippen LogP contribution < -0.4 is 10.7 Å². The number of nitrogens with zero attached hydrogens (tertiary/aromatic N) is 2. The number of benzene rings is 2. The highest BCUT2D eigenvalue weighted by atomic mass is 16.3. The van der Waals surface area contributed by atoms with E-state index in [1.807, 2.05) is 60.7 Å². The van der Waals surface area contributed by atoms with Gasteiger partial charge in [0, 0.05) is 27.5 Å². The van der Waals surface area contributed by atoms with Crippen molar-refractivity contribution >= 4 is 27.7 Å². The Labute approximate surface area is 193 Å². The van der Waals surface area contributed by atoms with Crippen molar-refractivity contribution in [3.05, 3.63) is 93.9 Å². The number of ketones is 1. The monoisotopic (exact) mass is 436 g/mol. The summed E-state index contributed by atoms with van der Waals surface area (Å²) in [5.41, 5.74) is 3.41. The summed E-state index contributed by atoms with van der Waals surface area (Å²) in [5, 5.41) is 3.54. The first-order valence-corrected chi connectivity index (χ1v) is 11.3. The lowest BCUT2D eigenvalue weighted by atomic mass is 9.72. The molecule has 1 aliphatic carbocycles. The average molecular weight is 437 g/mol. The normalized spacial score (nSPS) is 16.4. The summed E-state index contributed by atoms with van der Waals surface area (Å²) in [6.45, 7) is 12.5. The lowest BCUT2D eigenvalue weighted by Gasteiger charge is -2.31. The van der Waals surface area contributed by atoms with Gasteiger partial charge in [0.05, 0.1) is 10.7 Å². The molecule has 1 aliphatic heterocycles. The third kappa shape index (κ3) is 3.80. The minimum atomic E-state index is -0.286. The minimum absolute atomic E-state index is 0.109. The zero-order valence-corrected chi connectivity index (χ0v) is 20.0. The molecule has 2 heterocycles. The van der Waals surface area contributed by atoms with Gasteiger partial charge in [-0.15, -0.1) is 0 Å². The molecule has 166 valence electrons. The zero-order valence-electron chi connectivity index (χ0n) is 20.0. The van der Waals surface area contributed by atoms with Crippen molar-refractivity contribution in [3.8, 4) is 0 Å². The smallest absolute Gasteiger partial charge is 0.186 e. The number of carbonyl (C=O) groups is 1. The molecule has 0 amide bonds. The van der Waals surface area contributed by atoms with Crippen molar-refractivity contribution in [1.82, 2.24) is 0 Å². The molecule has 3 aromatic rings. The third-order valence-corrected chi connectivity index (χ3v) is 6.07. The maximum Gasteiger partial charge on any atom is 0.186 e. The summed E-state index contributed by atoms with van der Waals surface area (Å²) in [5.74, 6) is 0.742. The van der Waals surface area contributed by atoms with E-state index in [1.165, 1.54) is 0 Å². The number of hydrogen-bond donors (Lipinski definition) is 0. The first kappa shape index (κ1) is 21.3. The number of allylic oxidation sites excluding steroid dienone is 5. The van der Waals surface area contributed by atoms with Crippen molar-refractivity contribution in [3.63, 3.8) is 0 Å². The van der Waals surface area contributed by atoms with E-state index >= 15 is 0 Å². The SMILES string of the molecule is CC(C)(C)C1=CC(=C2N=c3c(c4cccc(c4)oc4cccc3c4)=N2)C=C(C(C)(C)C)C1=O. The van der Waals surface area contributed by atoms with E-state index in [2.05, 4.69) is 41.5 Å². The van der Waals surface area contributed by atoms with E-state index < -0.39 is 0 Å². The lowest BCUT2D eigenvalue weighted by Crippen LogP contribution is -2.28. The van der Waals surface area contributed by atoms with Gasteiger partial charge in [-0.05, 0) is 47.2 Å². The van der Waals surface area contributed by atoms with Gasteiger partial charge in [-0.1, -0.05) is 65.8 Å². The second-order valence-electron chi connectivity index (χ2n) is 10.8. The topological polar surface area (TPSA) is 54.9 Å². The molecule has 0 unspecified atom stereocenters. The van der Waals surface area contributed by atoms with E-state index in [4.69, 9.17) is 14.4 Å². The fourth-order valence-electron chi connectivity index (χ4n) is 4.30. The minimum Gasteiger partial charge on any atom is -0.457 e. The Hall–Kier alpha value is -3.53. The number of Topliss-reactive ketones (excluding diaryl/α,β-unsaturated/α-hetero) is 1. The number of rotatable bonds is 0. The standard InChI is InChI=1S/C29H28N2O2/c1-28(2,3)22-15-19(16-23(26(22)32)29(4,5)6)27-30-24-17-9-7-11-20(13-17)33-21-12-8-10-18(14-21)25(24)31-27/h7-16H,1-6H3. The van der Waals surface area contributed by atoms with E-state index in [0.29, 0.717) is 5.82 Å². The van der Waals surface area contributed by atoms with Crippen LogP contribution in [0.4, 0.5) is 0 Å². The fraction of sp³-hybridized carbons (Fsp3) is 0.276. The predicted molar refractivity (Wildman–Crippen MR) is 132 cm³/mol. The van der Waals surface area contributed by atoms with Gasteiger partial charge in [0.15, 0.2) is 11.6 Å². The Bertz CT molecular complexity index is 1470. The van der Waals surface area contributed by atoms with Crippen LogP contribution in [0.15, 0.2) is 97.6 Å². The van der Waals surface area contributed by atoms with Gasteiger partial charge in [-0.3, -0.25) is 4.79 Å². The summed E-state index contributed by atoms with van der Waals surface area (Å²) in [4.78, 5) is 23.3. The van der Waals surface area contributed by atoms with Crippen LogP contribution in [0.25, 0.3) is 21.9 Å². The van der Waals surface area contributed by atoms with Gasteiger partial charge in [0.25, 0.3) is 0 Å². The second-order valence-corrected chi connectivity index (χ2v) is 10.8. The van der Waals surface area contributed by atoms with Gasteiger partial charge < -0.3 is 4.42 Å². The Morgan fingerprint density at radius 2 is 1.15 bits per heavy atom. The van der Waals surface area contributed by atoms with Gasteiger partial charge >= 0.3 is 0 Å². The summed E-state index contributed by atoms with van der Waals surface area (Å²) in [7, 11) is 0. The van der Waals surface area contributed by atoms with Crippen LogP contribution in [0, 0.1) is 10.8 Å². The van der Waals surface area contributed by atoms with E-state index in [1.54, 1.807) is 0 Å². The van der Waals surface area contributed by atoms with E-state index in [9.17, 15) is 4.79 Å². The molecule has 1 aromatic heterocycles. The molecule has 0 saturated carbocycles. The summed E-state index contributed by atoms with van der Waals surface area (Å²) in [6.07, 6.45) is 3.95. The van der Waals surface area contributed by atoms with Crippen molar-refractivity contribution < 1.29 is 9.21 Å². The first-order chi connectivity index (χ1) is 15.5. The second kappa shape index (κ2) is 7.24. The van der Waals surface area contributed by atoms with Crippen molar-refractivity contribution in [2.75, 3.05) is 0 Å². The number of hydrogen-bond acceptors (Lipinski definition) is 4. The molecule has 0 radical (unpaired) electrons. The van der Waals surface area contributed by atoms with Crippen LogP contribution in [0.5, 0.6) is 0 Å². The molecular weight excluding hydrogens is 408 g/mol. The molecular formula is C29H28N2O2. The summed E-state index contributed by atoms with van der Waals surface area (Å²) < 4.78 is 6.02. The van der Waals surface area contributed by atoms with Crippen LogP contribution >= 0.6 is 0 Å². The molecule has 2 aromatic carbocycles. The molecule has 0 N–H and O–H groups in total.